The molecule has 0 aliphatic rings. The van der Waals surface area contributed by atoms with Crippen LogP contribution in [0.4, 0.5) is 0 Å². The van der Waals surface area contributed by atoms with Crippen LogP contribution in [0.3, 0.4) is 0 Å². The molecule has 2 aromatic rings. The first-order valence-corrected chi connectivity index (χ1v) is 7.25. The van der Waals surface area contributed by atoms with Gasteiger partial charge in [-0.25, -0.2) is 0 Å². The maximum absolute atomic E-state index is 6.15. The summed E-state index contributed by atoms with van der Waals surface area (Å²) in [7, 11) is 0. The van der Waals surface area contributed by atoms with Crippen molar-refractivity contribution in [3.63, 3.8) is 0 Å². The fraction of sp³-hybridized carbons (Fsp3) is 0.188. The van der Waals surface area contributed by atoms with Crippen molar-refractivity contribution in [3.8, 4) is 0 Å². The third-order valence-corrected chi connectivity index (χ3v) is 4.08. The van der Waals surface area contributed by atoms with Crippen LogP contribution in [0, 0.1) is 0 Å². The third-order valence-electron chi connectivity index (χ3n) is 3.38. The smallest absolute Gasteiger partial charge is 0.0750 e. The molecule has 0 aromatic heterocycles. The molecule has 0 atom stereocenters. The maximum atomic E-state index is 6.15. The van der Waals surface area contributed by atoms with Gasteiger partial charge in [0.2, 0.25) is 0 Å². The van der Waals surface area contributed by atoms with E-state index in [1.54, 1.807) is 0 Å². The van der Waals surface area contributed by atoms with Gasteiger partial charge in [-0.3, -0.25) is 0 Å². The summed E-state index contributed by atoms with van der Waals surface area (Å²) in [5, 5.41) is 0.715. The number of hydrogen-bond donors (Lipinski definition) is 1. The second-order valence-corrected chi connectivity index (χ2v) is 6.58. The summed E-state index contributed by atoms with van der Waals surface area (Å²) >= 11 is 15.7. The minimum absolute atomic E-state index is 0.172. The molecule has 98 valence electrons. The van der Waals surface area contributed by atoms with E-state index in [2.05, 4.69) is 38.6 Å². The van der Waals surface area contributed by atoms with Gasteiger partial charge in [-0.1, -0.05) is 74.1 Å². The van der Waals surface area contributed by atoms with E-state index in [-0.39, 0.29) is 5.41 Å². The summed E-state index contributed by atoms with van der Waals surface area (Å²) in [6.45, 7) is 4.34. The van der Waals surface area contributed by atoms with Crippen molar-refractivity contribution in [1.29, 1.82) is 0 Å². The van der Waals surface area contributed by atoms with E-state index in [0.717, 1.165) is 11.1 Å². The molecule has 0 heterocycles. The Kier molecular flexibility index (Phi) is 4.34. The minimum Gasteiger partial charge on any atom is -0.131 e. The number of thiocarbonyl (C=S) groups is 1. The molecule has 0 saturated heterocycles. The summed E-state index contributed by atoms with van der Waals surface area (Å²) in [5.41, 5.74) is 3.12. The third kappa shape index (κ3) is 3.02. The molecule has 0 unspecified atom stereocenters. The molecule has 0 nitrogen and oxygen atoms in total. The second kappa shape index (κ2) is 5.66. The quantitative estimate of drug-likeness (QED) is 0.595. The van der Waals surface area contributed by atoms with Gasteiger partial charge in [-0.15, -0.1) is 12.6 Å². The van der Waals surface area contributed by atoms with Crippen LogP contribution >= 0.6 is 36.4 Å². The van der Waals surface area contributed by atoms with Crippen molar-refractivity contribution in [2.24, 2.45) is 0 Å². The average Bonchev–Trinajstić information content (AvgIpc) is 2.39. The van der Waals surface area contributed by atoms with Gasteiger partial charge in [-0.05, 0) is 23.3 Å². The first-order valence-electron chi connectivity index (χ1n) is 6.02. The van der Waals surface area contributed by atoms with Gasteiger partial charge < -0.3 is 0 Å². The summed E-state index contributed by atoms with van der Waals surface area (Å²) in [4.78, 5) is 0. The van der Waals surface area contributed by atoms with E-state index in [0.29, 0.717) is 9.22 Å². The Labute approximate surface area is 130 Å². The molecule has 0 aliphatic heterocycles. The second-order valence-electron chi connectivity index (χ2n) is 4.99. The first-order chi connectivity index (χ1) is 8.93. The summed E-state index contributed by atoms with van der Waals surface area (Å²) in [6.07, 6.45) is 0. The maximum Gasteiger partial charge on any atom is 0.0750 e. The van der Waals surface area contributed by atoms with E-state index < -0.39 is 0 Å². The highest BCUT2D eigenvalue weighted by molar-refractivity contribution is 8.11. The Bertz CT molecular complexity index is 603. The standard InChI is InChI=1S/C16H15ClS2/c1-16(2,11-6-4-3-5-7-11)14-10-12(17)8-9-13(14)15(18)19/h3-10H,1-2H3,(H,18,19). The van der Waals surface area contributed by atoms with Crippen LogP contribution in [0.25, 0.3) is 0 Å². The van der Waals surface area contributed by atoms with Crippen molar-refractivity contribution in [3.05, 3.63) is 70.2 Å². The zero-order valence-corrected chi connectivity index (χ0v) is 13.3. The van der Waals surface area contributed by atoms with E-state index in [4.69, 9.17) is 23.8 Å². The molecule has 0 radical (unpaired) electrons. The number of hydrogen-bond acceptors (Lipinski definition) is 1. The summed E-state index contributed by atoms with van der Waals surface area (Å²) in [6, 6.07) is 16.1. The largest absolute Gasteiger partial charge is 0.131 e. The molecule has 0 N–H and O–H groups in total. The lowest BCUT2D eigenvalue weighted by Gasteiger charge is -2.28. The van der Waals surface area contributed by atoms with Gasteiger partial charge in [0.05, 0.1) is 4.20 Å². The molecule has 0 bridgehead atoms. The lowest BCUT2D eigenvalue weighted by atomic mass is 9.76. The molecule has 0 amide bonds. The van der Waals surface area contributed by atoms with Crippen molar-refractivity contribution >= 4 is 40.6 Å². The van der Waals surface area contributed by atoms with Crippen LogP contribution < -0.4 is 0 Å². The molecule has 2 rings (SSSR count). The number of rotatable bonds is 3. The molecule has 0 spiro atoms. The molecule has 19 heavy (non-hydrogen) atoms. The molecule has 0 fully saturated rings. The van der Waals surface area contributed by atoms with E-state index in [1.165, 1.54) is 5.56 Å². The highest BCUT2D eigenvalue weighted by Gasteiger charge is 2.26. The molecule has 3 heteroatoms. The van der Waals surface area contributed by atoms with E-state index in [9.17, 15) is 0 Å². The molecular formula is C16H15ClS2. The van der Waals surface area contributed by atoms with Crippen LogP contribution in [0.2, 0.25) is 5.02 Å². The number of benzene rings is 2. The zero-order chi connectivity index (χ0) is 14.0. The average molecular weight is 307 g/mol. The molecular weight excluding hydrogens is 292 g/mol. The highest BCUT2D eigenvalue weighted by atomic mass is 35.5. The predicted molar refractivity (Wildman–Crippen MR) is 90.7 cm³/mol. The molecule has 0 aliphatic carbocycles. The van der Waals surface area contributed by atoms with E-state index >= 15 is 0 Å². The Morgan fingerprint density at radius 3 is 2.32 bits per heavy atom. The fourth-order valence-electron chi connectivity index (χ4n) is 2.23. The van der Waals surface area contributed by atoms with Gasteiger partial charge in [0.1, 0.15) is 0 Å². The first kappa shape index (κ1) is 14.6. The SMILES string of the molecule is CC(C)(c1ccccc1)c1cc(Cl)ccc1C(=S)S. The van der Waals surface area contributed by atoms with Gasteiger partial charge in [0.15, 0.2) is 0 Å². The Balaban J connectivity index is 2.63. The van der Waals surface area contributed by atoms with Crippen LogP contribution in [0.5, 0.6) is 0 Å². The Morgan fingerprint density at radius 1 is 1.11 bits per heavy atom. The van der Waals surface area contributed by atoms with Crippen LogP contribution in [-0.4, -0.2) is 4.20 Å². The van der Waals surface area contributed by atoms with E-state index in [1.807, 2.05) is 36.4 Å². The summed E-state index contributed by atoms with van der Waals surface area (Å²) < 4.78 is 0.593. The van der Waals surface area contributed by atoms with Crippen molar-refractivity contribution in [2.45, 2.75) is 19.3 Å². The summed E-state index contributed by atoms with van der Waals surface area (Å²) in [5.74, 6) is 0. The van der Waals surface area contributed by atoms with Crippen molar-refractivity contribution in [1.82, 2.24) is 0 Å². The molecule has 2 aromatic carbocycles. The van der Waals surface area contributed by atoms with Gasteiger partial charge in [0, 0.05) is 16.0 Å². The van der Waals surface area contributed by atoms with Crippen LogP contribution in [0.1, 0.15) is 30.5 Å². The Morgan fingerprint density at radius 2 is 1.74 bits per heavy atom. The molecule has 0 saturated carbocycles. The monoisotopic (exact) mass is 306 g/mol. The number of halogens is 1. The van der Waals surface area contributed by atoms with Crippen molar-refractivity contribution in [2.75, 3.05) is 0 Å². The van der Waals surface area contributed by atoms with Crippen LogP contribution in [0.15, 0.2) is 48.5 Å². The predicted octanol–water partition coefficient (Wildman–Crippen LogP) is 5.27. The van der Waals surface area contributed by atoms with Gasteiger partial charge in [0.25, 0.3) is 0 Å². The normalized spacial score (nSPS) is 11.4. The highest BCUT2D eigenvalue weighted by Crippen LogP contribution is 2.35. The van der Waals surface area contributed by atoms with Crippen LogP contribution in [-0.2, 0) is 5.41 Å². The lowest BCUT2D eigenvalue weighted by Crippen LogP contribution is -2.21. The topological polar surface area (TPSA) is 0 Å². The fourth-order valence-corrected chi connectivity index (χ4v) is 2.78. The number of thiol groups is 1. The van der Waals surface area contributed by atoms with Crippen molar-refractivity contribution < 1.29 is 0 Å². The lowest BCUT2D eigenvalue weighted by molar-refractivity contribution is 0.640. The zero-order valence-electron chi connectivity index (χ0n) is 10.9. The Hall–Kier alpha value is -0.830. The van der Waals surface area contributed by atoms with Gasteiger partial charge in [-0.2, -0.15) is 0 Å². The minimum atomic E-state index is -0.172. The van der Waals surface area contributed by atoms with Gasteiger partial charge >= 0.3 is 0 Å².